The van der Waals surface area contributed by atoms with Crippen molar-refractivity contribution >= 4 is 12.0 Å². The molecule has 1 aromatic heterocycles. The van der Waals surface area contributed by atoms with Crippen molar-refractivity contribution in [1.29, 1.82) is 0 Å². The molecule has 22 heavy (non-hydrogen) atoms. The summed E-state index contributed by atoms with van der Waals surface area (Å²) < 4.78 is 5.34. The molecule has 0 unspecified atom stereocenters. The third-order valence-electron chi connectivity index (χ3n) is 4.91. The molecule has 0 bridgehead atoms. The average molecular weight is 303 g/mol. The normalized spacial score (nSPS) is 28.1. The summed E-state index contributed by atoms with van der Waals surface area (Å²) in [6.45, 7) is 4.47. The minimum atomic E-state index is 0.173. The maximum absolute atomic E-state index is 12.7. The maximum atomic E-state index is 12.7. The van der Waals surface area contributed by atoms with E-state index in [2.05, 4.69) is 19.8 Å². The Morgan fingerprint density at radius 2 is 1.77 bits per heavy atom. The summed E-state index contributed by atoms with van der Waals surface area (Å²) in [4.78, 5) is 27.7. The van der Waals surface area contributed by atoms with E-state index in [1.54, 1.807) is 12.4 Å². The van der Waals surface area contributed by atoms with E-state index >= 15 is 0 Å². The standard InChI is InChI=1S/C15H21N5O2/c21-15(18-8-10-22-11-9-18)20-7-3-12-13(20)2-6-19(12)14-16-4-1-5-17-14/h1,4-5,12-13H,2-3,6-11H2/t12-,13+/m0/s1. The van der Waals surface area contributed by atoms with E-state index in [-0.39, 0.29) is 6.03 Å². The first-order chi connectivity index (χ1) is 10.8. The highest BCUT2D eigenvalue weighted by atomic mass is 16.5. The molecule has 7 heteroatoms. The van der Waals surface area contributed by atoms with Crippen LogP contribution in [0, 0.1) is 0 Å². The second-order valence-corrected chi connectivity index (χ2v) is 6.03. The lowest BCUT2D eigenvalue weighted by Gasteiger charge is -2.33. The number of fused-ring (bicyclic) bond motifs is 1. The van der Waals surface area contributed by atoms with Crippen LogP contribution in [0.1, 0.15) is 12.8 Å². The number of rotatable bonds is 1. The molecule has 0 spiro atoms. The molecular formula is C15H21N5O2. The number of carbonyl (C=O) groups is 1. The predicted molar refractivity (Wildman–Crippen MR) is 80.7 cm³/mol. The van der Waals surface area contributed by atoms with E-state index in [1.165, 1.54) is 0 Å². The predicted octanol–water partition coefficient (Wildman–Crippen LogP) is 0.582. The molecule has 4 rings (SSSR count). The Hall–Kier alpha value is -1.89. The van der Waals surface area contributed by atoms with Crippen LogP contribution in [0.2, 0.25) is 0 Å². The van der Waals surface area contributed by atoms with Crippen molar-refractivity contribution in [3.8, 4) is 0 Å². The smallest absolute Gasteiger partial charge is 0.320 e. The quantitative estimate of drug-likeness (QED) is 0.759. The summed E-state index contributed by atoms with van der Waals surface area (Å²) in [5, 5.41) is 0. The minimum absolute atomic E-state index is 0.173. The molecule has 7 nitrogen and oxygen atoms in total. The molecule has 1 aromatic rings. The Labute approximate surface area is 129 Å². The van der Waals surface area contributed by atoms with Gasteiger partial charge >= 0.3 is 6.03 Å². The number of nitrogens with zero attached hydrogens (tertiary/aromatic N) is 5. The fourth-order valence-electron chi connectivity index (χ4n) is 3.85. The summed E-state index contributed by atoms with van der Waals surface area (Å²) in [7, 11) is 0. The van der Waals surface area contributed by atoms with Crippen molar-refractivity contribution in [1.82, 2.24) is 19.8 Å². The van der Waals surface area contributed by atoms with Gasteiger partial charge in [-0.15, -0.1) is 0 Å². The van der Waals surface area contributed by atoms with Crippen molar-refractivity contribution in [2.75, 3.05) is 44.3 Å². The molecule has 0 aromatic carbocycles. The van der Waals surface area contributed by atoms with E-state index in [0.29, 0.717) is 38.4 Å². The van der Waals surface area contributed by atoms with E-state index < -0.39 is 0 Å². The number of anilines is 1. The van der Waals surface area contributed by atoms with Gasteiger partial charge in [0.25, 0.3) is 0 Å². The highest BCUT2D eigenvalue weighted by Crippen LogP contribution is 2.34. The molecule has 3 saturated heterocycles. The molecule has 118 valence electrons. The monoisotopic (exact) mass is 303 g/mol. The van der Waals surface area contributed by atoms with Crippen molar-refractivity contribution in [3.63, 3.8) is 0 Å². The Kier molecular flexibility index (Phi) is 3.57. The third-order valence-corrected chi connectivity index (χ3v) is 4.91. The zero-order valence-corrected chi connectivity index (χ0v) is 12.6. The number of ether oxygens (including phenoxy) is 1. The Morgan fingerprint density at radius 3 is 2.55 bits per heavy atom. The molecule has 2 amide bonds. The molecule has 0 N–H and O–H groups in total. The number of amides is 2. The van der Waals surface area contributed by atoms with Gasteiger partial charge in [-0.1, -0.05) is 0 Å². The first-order valence-corrected chi connectivity index (χ1v) is 8.01. The van der Waals surface area contributed by atoms with Crippen molar-refractivity contribution in [2.45, 2.75) is 24.9 Å². The molecule has 2 atom stereocenters. The van der Waals surface area contributed by atoms with Gasteiger partial charge in [0.15, 0.2) is 0 Å². The Morgan fingerprint density at radius 1 is 1.05 bits per heavy atom. The first-order valence-electron chi connectivity index (χ1n) is 8.01. The van der Waals surface area contributed by atoms with Crippen LogP contribution >= 0.6 is 0 Å². The van der Waals surface area contributed by atoms with Gasteiger partial charge in [0.1, 0.15) is 0 Å². The van der Waals surface area contributed by atoms with Gasteiger partial charge in [0, 0.05) is 38.6 Å². The minimum Gasteiger partial charge on any atom is -0.378 e. The fourth-order valence-corrected chi connectivity index (χ4v) is 3.85. The van der Waals surface area contributed by atoms with Gasteiger partial charge in [-0.2, -0.15) is 0 Å². The molecule has 0 radical (unpaired) electrons. The van der Waals surface area contributed by atoms with Crippen LogP contribution in [-0.2, 0) is 4.74 Å². The van der Waals surface area contributed by atoms with E-state index in [0.717, 1.165) is 31.9 Å². The highest BCUT2D eigenvalue weighted by Gasteiger charge is 2.46. The summed E-state index contributed by atoms with van der Waals surface area (Å²) in [5.41, 5.74) is 0. The molecule has 3 aliphatic rings. The van der Waals surface area contributed by atoms with Crippen LogP contribution in [0.5, 0.6) is 0 Å². The van der Waals surface area contributed by atoms with Gasteiger partial charge in [-0.3, -0.25) is 0 Å². The number of aromatic nitrogens is 2. The number of carbonyl (C=O) groups excluding carboxylic acids is 1. The number of hydrogen-bond donors (Lipinski definition) is 0. The van der Waals surface area contributed by atoms with Crippen LogP contribution in [0.3, 0.4) is 0 Å². The van der Waals surface area contributed by atoms with Crippen LogP contribution in [0.4, 0.5) is 10.7 Å². The lowest BCUT2D eigenvalue weighted by molar-refractivity contribution is 0.0423. The highest BCUT2D eigenvalue weighted by molar-refractivity contribution is 5.75. The summed E-state index contributed by atoms with van der Waals surface area (Å²) in [6.07, 6.45) is 5.56. The number of likely N-dealkylation sites (tertiary alicyclic amines) is 1. The van der Waals surface area contributed by atoms with Gasteiger partial charge < -0.3 is 19.4 Å². The molecule has 3 fully saturated rings. The molecule has 0 saturated carbocycles. The molecule has 4 heterocycles. The number of morpholine rings is 1. The van der Waals surface area contributed by atoms with Gasteiger partial charge in [0.05, 0.1) is 25.3 Å². The summed E-state index contributed by atoms with van der Waals surface area (Å²) >= 11 is 0. The Bertz CT molecular complexity index is 534. The van der Waals surface area contributed by atoms with Crippen LogP contribution < -0.4 is 4.90 Å². The van der Waals surface area contributed by atoms with Crippen molar-refractivity contribution in [3.05, 3.63) is 18.5 Å². The number of urea groups is 1. The first kappa shape index (κ1) is 13.8. The van der Waals surface area contributed by atoms with Crippen molar-refractivity contribution in [2.24, 2.45) is 0 Å². The second-order valence-electron chi connectivity index (χ2n) is 6.03. The summed E-state index contributed by atoms with van der Waals surface area (Å²) in [6, 6.07) is 2.65. The molecular weight excluding hydrogens is 282 g/mol. The van der Waals surface area contributed by atoms with Crippen LogP contribution in [-0.4, -0.2) is 77.3 Å². The largest absolute Gasteiger partial charge is 0.378 e. The molecule has 3 aliphatic heterocycles. The Balaban J connectivity index is 1.47. The van der Waals surface area contributed by atoms with E-state index in [4.69, 9.17) is 4.74 Å². The zero-order valence-electron chi connectivity index (χ0n) is 12.6. The lowest BCUT2D eigenvalue weighted by atomic mass is 10.1. The fraction of sp³-hybridized carbons (Fsp3) is 0.667. The van der Waals surface area contributed by atoms with Crippen molar-refractivity contribution < 1.29 is 9.53 Å². The average Bonchev–Trinajstić information content (AvgIpc) is 3.17. The second kappa shape index (κ2) is 5.72. The third kappa shape index (κ3) is 2.29. The SMILES string of the molecule is O=C(N1CCOCC1)N1CC[C@H]2[C@H]1CCN2c1ncccn1. The molecule has 0 aliphatic carbocycles. The number of hydrogen-bond acceptors (Lipinski definition) is 5. The lowest BCUT2D eigenvalue weighted by Crippen LogP contribution is -2.50. The topological polar surface area (TPSA) is 61.8 Å². The van der Waals surface area contributed by atoms with Crippen LogP contribution in [0.25, 0.3) is 0 Å². The summed E-state index contributed by atoms with van der Waals surface area (Å²) in [5.74, 6) is 0.788. The van der Waals surface area contributed by atoms with Gasteiger partial charge in [-0.05, 0) is 18.9 Å². The van der Waals surface area contributed by atoms with Gasteiger partial charge in [-0.25, -0.2) is 14.8 Å². The van der Waals surface area contributed by atoms with E-state index in [9.17, 15) is 4.79 Å². The van der Waals surface area contributed by atoms with E-state index in [1.807, 2.05) is 11.0 Å². The zero-order chi connectivity index (χ0) is 14.9. The van der Waals surface area contributed by atoms with Crippen LogP contribution in [0.15, 0.2) is 18.5 Å². The maximum Gasteiger partial charge on any atom is 0.320 e. The van der Waals surface area contributed by atoms with Gasteiger partial charge in [0.2, 0.25) is 5.95 Å².